The van der Waals surface area contributed by atoms with E-state index in [4.69, 9.17) is 0 Å². The van der Waals surface area contributed by atoms with E-state index >= 15 is 0 Å². The normalized spacial score (nSPS) is 11.8. The van der Waals surface area contributed by atoms with Crippen molar-refractivity contribution >= 4 is 53.9 Å². The van der Waals surface area contributed by atoms with Gasteiger partial charge in [0.05, 0.1) is 0 Å². The molecule has 0 N–H and O–H groups in total. The summed E-state index contributed by atoms with van der Waals surface area (Å²) in [5.41, 5.74) is 3.87. The Morgan fingerprint density at radius 1 is 0.364 bits per heavy atom. The van der Waals surface area contributed by atoms with Gasteiger partial charge in [0.1, 0.15) is 0 Å². The maximum absolute atomic E-state index is 2.41. The molecule has 0 amide bonds. The van der Waals surface area contributed by atoms with E-state index < -0.39 is 0 Å². The lowest BCUT2D eigenvalue weighted by Gasteiger charge is -2.17. The Labute approximate surface area is 192 Å². The van der Waals surface area contributed by atoms with E-state index in [1.165, 1.54) is 70.6 Å². The topological polar surface area (TPSA) is 0 Å². The van der Waals surface area contributed by atoms with Gasteiger partial charge in [-0.25, -0.2) is 0 Å². The van der Waals surface area contributed by atoms with Gasteiger partial charge in [0.25, 0.3) is 0 Å². The lowest BCUT2D eigenvalue weighted by molar-refractivity contribution is 1.46. The molecule has 0 heterocycles. The van der Waals surface area contributed by atoms with Crippen LogP contribution in [0.5, 0.6) is 0 Å². The molecule has 0 aromatic heterocycles. The van der Waals surface area contributed by atoms with Crippen LogP contribution in [-0.4, -0.2) is 0 Å². The molecule has 0 fully saturated rings. The van der Waals surface area contributed by atoms with Gasteiger partial charge in [-0.2, -0.15) is 0 Å². The molecule has 7 rings (SSSR count). The summed E-state index contributed by atoms with van der Waals surface area (Å²) in [7, 11) is 0. The Balaban J connectivity index is 1.81. The van der Waals surface area contributed by atoms with Crippen molar-refractivity contribution in [3.63, 3.8) is 0 Å². The van der Waals surface area contributed by atoms with Crippen molar-refractivity contribution < 1.29 is 0 Å². The van der Waals surface area contributed by atoms with Gasteiger partial charge in [-0.3, -0.25) is 0 Å². The van der Waals surface area contributed by atoms with Crippen LogP contribution in [0.2, 0.25) is 0 Å². The summed E-state index contributed by atoms with van der Waals surface area (Å²) in [5.74, 6) is 0. The molecule has 0 aliphatic rings. The van der Waals surface area contributed by atoms with Crippen LogP contribution in [0.15, 0.2) is 115 Å². The Kier molecular flexibility index (Phi) is 3.86. The fourth-order valence-electron chi connectivity index (χ4n) is 5.69. The lowest BCUT2D eigenvalue weighted by atomic mass is 9.86. The van der Waals surface area contributed by atoms with Gasteiger partial charge in [-0.15, -0.1) is 0 Å². The fourth-order valence-corrected chi connectivity index (χ4v) is 5.69. The summed E-state index contributed by atoms with van der Waals surface area (Å²) in [6.45, 7) is 2.20. The Hall–Kier alpha value is -4.16. The van der Waals surface area contributed by atoms with Crippen LogP contribution in [0.3, 0.4) is 0 Å². The molecule has 0 radical (unpaired) electrons. The molecule has 0 bridgehead atoms. The minimum atomic E-state index is 1.27. The number of hydrogen-bond donors (Lipinski definition) is 0. The SMILES string of the molecule is Cc1ccccc1-c1ccc2c3ccccc3c3c4ccccc4c4ccccc4c3c2c1. The van der Waals surface area contributed by atoms with Gasteiger partial charge in [0.2, 0.25) is 0 Å². The van der Waals surface area contributed by atoms with Crippen LogP contribution in [0.25, 0.3) is 65.0 Å². The van der Waals surface area contributed by atoms with Crippen molar-refractivity contribution in [3.8, 4) is 11.1 Å². The maximum Gasteiger partial charge on any atom is -0.00137 e. The lowest BCUT2D eigenvalue weighted by Crippen LogP contribution is -1.89. The molecular formula is C33H22. The average Bonchev–Trinajstić information content (AvgIpc) is 2.88. The maximum atomic E-state index is 2.41. The summed E-state index contributed by atoms with van der Waals surface area (Å²) < 4.78 is 0. The van der Waals surface area contributed by atoms with E-state index in [-0.39, 0.29) is 0 Å². The molecule has 0 aliphatic heterocycles. The highest BCUT2D eigenvalue weighted by Crippen LogP contribution is 2.44. The van der Waals surface area contributed by atoms with Crippen LogP contribution < -0.4 is 0 Å². The first-order valence-electron chi connectivity index (χ1n) is 11.5. The van der Waals surface area contributed by atoms with Crippen LogP contribution in [0.4, 0.5) is 0 Å². The molecule has 0 atom stereocenters. The minimum absolute atomic E-state index is 1.27. The second-order valence-corrected chi connectivity index (χ2v) is 8.96. The van der Waals surface area contributed by atoms with Crippen molar-refractivity contribution in [2.75, 3.05) is 0 Å². The van der Waals surface area contributed by atoms with E-state index in [0.717, 1.165) is 0 Å². The van der Waals surface area contributed by atoms with Gasteiger partial charge in [-0.1, -0.05) is 109 Å². The highest BCUT2D eigenvalue weighted by atomic mass is 14.2. The van der Waals surface area contributed by atoms with Crippen LogP contribution in [0, 0.1) is 6.92 Å². The van der Waals surface area contributed by atoms with E-state index in [1.54, 1.807) is 0 Å². The van der Waals surface area contributed by atoms with Gasteiger partial charge < -0.3 is 0 Å². The number of fused-ring (bicyclic) bond motifs is 11. The van der Waals surface area contributed by atoms with E-state index in [2.05, 4.69) is 122 Å². The number of rotatable bonds is 1. The molecule has 0 saturated heterocycles. The molecule has 0 saturated carbocycles. The van der Waals surface area contributed by atoms with Gasteiger partial charge in [0.15, 0.2) is 0 Å². The molecule has 0 heteroatoms. The predicted octanol–water partition coefficient (Wildman–Crippen LogP) is 9.43. The third kappa shape index (κ3) is 2.58. The molecule has 7 aromatic carbocycles. The van der Waals surface area contributed by atoms with Crippen molar-refractivity contribution in [3.05, 3.63) is 121 Å². The van der Waals surface area contributed by atoms with Crippen molar-refractivity contribution in [1.82, 2.24) is 0 Å². The van der Waals surface area contributed by atoms with Crippen molar-refractivity contribution in [1.29, 1.82) is 0 Å². The van der Waals surface area contributed by atoms with E-state index in [9.17, 15) is 0 Å². The zero-order valence-electron chi connectivity index (χ0n) is 18.5. The van der Waals surface area contributed by atoms with Gasteiger partial charge >= 0.3 is 0 Å². The zero-order chi connectivity index (χ0) is 21.9. The average molecular weight is 419 g/mol. The Morgan fingerprint density at radius 3 is 1.33 bits per heavy atom. The summed E-state index contributed by atoms with van der Waals surface area (Å²) in [5, 5.41) is 13.3. The van der Waals surface area contributed by atoms with Crippen molar-refractivity contribution in [2.24, 2.45) is 0 Å². The molecule has 7 aromatic rings. The molecule has 33 heavy (non-hydrogen) atoms. The largest absolute Gasteiger partial charge is 0.0620 e. The quantitative estimate of drug-likeness (QED) is 0.233. The summed E-state index contributed by atoms with van der Waals surface area (Å²) in [6.07, 6.45) is 0. The molecule has 0 aliphatic carbocycles. The molecule has 0 unspecified atom stereocenters. The number of hydrogen-bond acceptors (Lipinski definition) is 0. The third-order valence-electron chi connectivity index (χ3n) is 7.16. The monoisotopic (exact) mass is 418 g/mol. The van der Waals surface area contributed by atoms with E-state index in [0.29, 0.717) is 0 Å². The second-order valence-electron chi connectivity index (χ2n) is 8.96. The molecule has 154 valence electrons. The first-order chi connectivity index (χ1) is 16.3. The van der Waals surface area contributed by atoms with Gasteiger partial charge in [-0.05, 0) is 83.5 Å². The zero-order valence-corrected chi connectivity index (χ0v) is 18.5. The summed E-state index contributed by atoms with van der Waals surface area (Å²) in [6, 6.07) is 42.3. The predicted molar refractivity (Wildman–Crippen MR) is 144 cm³/mol. The summed E-state index contributed by atoms with van der Waals surface area (Å²) in [4.78, 5) is 0. The van der Waals surface area contributed by atoms with Crippen LogP contribution >= 0.6 is 0 Å². The number of benzene rings is 7. The minimum Gasteiger partial charge on any atom is -0.0620 e. The number of aryl methyl sites for hydroxylation is 1. The first-order valence-corrected chi connectivity index (χ1v) is 11.5. The smallest absolute Gasteiger partial charge is 0.00137 e. The Morgan fingerprint density at radius 2 is 0.788 bits per heavy atom. The molecular weight excluding hydrogens is 396 g/mol. The summed E-state index contributed by atoms with van der Waals surface area (Å²) >= 11 is 0. The van der Waals surface area contributed by atoms with Crippen LogP contribution in [0.1, 0.15) is 5.56 Å². The Bertz CT molecular complexity index is 1860. The highest BCUT2D eigenvalue weighted by Gasteiger charge is 2.16. The highest BCUT2D eigenvalue weighted by molar-refractivity contribution is 6.39. The third-order valence-corrected chi connectivity index (χ3v) is 7.16. The first kappa shape index (κ1) is 18.4. The van der Waals surface area contributed by atoms with E-state index in [1.807, 2.05) is 0 Å². The van der Waals surface area contributed by atoms with Gasteiger partial charge in [0, 0.05) is 0 Å². The standard InChI is InChI=1S/C33H22/c1-21-10-2-3-11-23(21)22-18-19-27-26-14-6-8-16-29(26)32-28-15-7-4-12-24(28)25-13-5-9-17-30(25)33(32)31(27)20-22/h2-20H,1H3. The fraction of sp³-hybridized carbons (Fsp3) is 0.0303. The molecule has 0 spiro atoms. The van der Waals surface area contributed by atoms with Crippen molar-refractivity contribution in [2.45, 2.75) is 6.92 Å². The second kappa shape index (κ2) is 6.92. The van der Waals surface area contributed by atoms with Crippen LogP contribution in [-0.2, 0) is 0 Å². The molecule has 0 nitrogen and oxygen atoms in total.